The van der Waals surface area contributed by atoms with Gasteiger partial charge in [-0.3, -0.25) is 9.69 Å². The first kappa shape index (κ1) is 12.1. The highest BCUT2D eigenvalue weighted by atomic mass is 19.1. The summed E-state index contributed by atoms with van der Waals surface area (Å²) < 4.78 is 13.6. The van der Waals surface area contributed by atoms with Crippen molar-refractivity contribution in [3.8, 4) is 0 Å². The lowest BCUT2D eigenvalue weighted by Crippen LogP contribution is -2.46. The van der Waals surface area contributed by atoms with E-state index in [1.807, 2.05) is 6.92 Å². The molecule has 20 heavy (non-hydrogen) atoms. The summed E-state index contributed by atoms with van der Waals surface area (Å²) in [5.41, 5.74) is 3.25. The number of aryl methyl sites for hydroxylation is 1. The molecule has 2 aromatic rings. The summed E-state index contributed by atoms with van der Waals surface area (Å²) in [6.07, 6.45) is 2.15. The van der Waals surface area contributed by atoms with Crippen LogP contribution in [0.2, 0.25) is 0 Å². The fourth-order valence-electron chi connectivity index (χ4n) is 3.99. The lowest BCUT2D eigenvalue weighted by molar-refractivity contribution is 0.0782. The minimum Gasteiger partial charge on any atom is -0.356 e. The second-order valence-corrected chi connectivity index (χ2v) is 6.24. The molecule has 104 valence electrons. The van der Waals surface area contributed by atoms with Gasteiger partial charge in [0.2, 0.25) is 0 Å². The maximum absolute atomic E-state index is 13.6. The maximum atomic E-state index is 13.6. The van der Waals surface area contributed by atoms with E-state index in [1.165, 1.54) is 12.1 Å². The molecule has 0 saturated carbocycles. The average molecular weight is 272 g/mol. The van der Waals surface area contributed by atoms with Crippen LogP contribution in [0, 0.1) is 12.7 Å². The van der Waals surface area contributed by atoms with E-state index in [4.69, 9.17) is 0 Å². The molecule has 1 fully saturated rings. The zero-order valence-electron chi connectivity index (χ0n) is 11.7. The van der Waals surface area contributed by atoms with E-state index in [1.54, 1.807) is 0 Å². The van der Waals surface area contributed by atoms with E-state index in [0.29, 0.717) is 6.54 Å². The van der Waals surface area contributed by atoms with Crippen molar-refractivity contribution in [2.45, 2.75) is 32.2 Å². The minimum absolute atomic E-state index is 0.106. The first-order valence-electron chi connectivity index (χ1n) is 7.11. The molecule has 4 heteroatoms. The second kappa shape index (κ2) is 3.70. The van der Waals surface area contributed by atoms with Gasteiger partial charge in [0.1, 0.15) is 5.82 Å². The SMILES string of the molecule is Cc1cc(F)cc2[nH]c3c(c12)C(=O)CN1CCC[C@]31C. The summed E-state index contributed by atoms with van der Waals surface area (Å²) in [6, 6.07) is 3.00. The number of H-pyrrole nitrogens is 1. The highest BCUT2D eigenvalue weighted by Crippen LogP contribution is 2.45. The Labute approximate surface area is 116 Å². The molecule has 1 aromatic heterocycles. The molecule has 1 atom stereocenters. The molecule has 0 bridgehead atoms. The molecule has 3 nitrogen and oxygen atoms in total. The predicted molar refractivity (Wildman–Crippen MR) is 75.5 cm³/mol. The number of fused-ring (bicyclic) bond motifs is 5. The van der Waals surface area contributed by atoms with Crippen LogP contribution < -0.4 is 0 Å². The number of carbonyl (C=O) groups is 1. The predicted octanol–water partition coefficient (Wildman–Crippen LogP) is 3.12. The van der Waals surface area contributed by atoms with Crippen LogP contribution >= 0.6 is 0 Å². The van der Waals surface area contributed by atoms with Crippen molar-refractivity contribution in [3.63, 3.8) is 0 Å². The molecule has 0 amide bonds. The molecule has 0 aliphatic carbocycles. The molecule has 4 rings (SSSR count). The van der Waals surface area contributed by atoms with Gasteiger partial charge in [-0.2, -0.15) is 0 Å². The number of rotatable bonds is 0. The van der Waals surface area contributed by atoms with Crippen molar-refractivity contribution in [2.24, 2.45) is 0 Å². The first-order valence-corrected chi connectivity index (χ1v) is 7.11. The Bertz CT molecular complexity index is 749. The fourth-order valence-corrected chi connectivity index (χ4v) is 3.99. The second-order valence-electron chi connectivity index (χ2n) is 6.24. The van der Waals surface area contributed by atoms with Gasteiger partial charge in [0.15, 0.2) is 5.78 Å². The van der Waals surface area contributed by atoms with Crippen LogP contribution in [0.3, 0.4) is 0 Å². The number of nitrogens with zero attached hydrogens (tertiary/aromatic N) is 1. The van der Waals surface area contributed by atoms with Gasteiger partial charge in [0, 0.05) is 22.2 Å². The fraction of sp³-hybridized carbons (Fsp3) is 0.438. The quantitative estimate of drug-likeness (QED) is 0.800. The number of halogens is 1. The number of aromatic nitrogens is 1. The van der Waals surface area contributed by atoms with E-state index in [2.05, 4.69) is 16.8 Å². The van der Waals surface area contributed by atoms with Gasteiger partial charge in [-0.1, -0.05) is 0 Å². The zero-order chi connectivity index (χ0) is 14.1. The monoisotopic (exact) mass is 272 g/mol. The smallest absolute Gasteiger partial charge is 0.179 e. The lowest BCUT2D eigenvalue weighted by atomic mass is 9.85. The minimum atomic E-state index is -0.255. The Hall–Kier alpha value is -1.68. The van der Waals surface area contributed by atoms with Gasteiger partial charge in [-0.15, -0.1) is 0 Å². The zero-order valence-corrected chi connectivity index (χ0v) is 11.7. The normalized spacial score (nSPS) is 26.1. The molecule has 1 N–H and O–H groups in total. The number of ketones is 1. The largest absolute Gasteiger partial charge is 0.356 e. The molecular formula is C16H17FN2O. The third-order valence-corrected chi connectivity index (χ3v) is 5.00. The Kier molecular flexibility index (Phi) is 2.24. The van der Waals surface area contributed by atoms with Crippen LogP contribution in [-0.2, 0) is 5.54 Å². The summed E-state index contributed by atoms with van der Waals surface area (Å²) in [5, 5.41) is 0.902. The third kappa shape index (κ3) is 1.35. The number of Topliss-reactive ketones (excluding diaryl/α,β-unsaturated/α-hetero) is 1. The van der Waals surface area contributed by atoms with Crippen molar-refractivity contribution in [1.29, 1.82) is 0 Å². The number of aromatic amines is 1. The maximum Gasteiger partial charge on any atom is 0.179 e. The van der Waals surface area contributed by atoms with Crippen molar-refractivity contribution < 1.29 is 9.18 Å². The van der Waals surface area contributed by atoms with Crippen LogP contribution in [0.15, 0.2) is 12.1 Å². The van der Waals surface area contributed by atoms with Crippen molar-refractivity contribution in [3.05, 3.63) is 34.8 Å². The van der Waals surface area contributed by atoms with E-state index in [-0.39, 0.29) is 17.1 Å². The first-order chi connectivity index (χ1) is 9.50. The summed E-state index contributed by atoms with van der Waals surface area (Å²) >= 11 is 0. The number of carbonyl (C=O) groups excluding carboxylic acids is 1. The average Bonchev–Trinajstić information content (AvgIpc) is 2.91. The summed E-state index contributed by atoms with van der Waals surface area (Å²) in [7, 11) is 0. The van der Waals surface area contributed by atoms with Crippen LogP contribution in [0.5, 0.6) is 0 Å². The van der Waals surface area contributed by atoms with Crippen molar-refractivity contribution >= 4 is 16.7 Å². The number of nitrogens with one attached hydrogen (secondary N) is 1. The highest BCUT2D eigenvalue weighted by molar-refractivity contribution is 6.12. The topological polar surface area (TPSA) is 36.1 Å². The Morgan fingerprint density at radius 3 is 3.00 bits per heavy atom. The summed E-state index contributed by atoms with van der Waals surface area (Å²) in [6.45, 7) is 5.50. The molecule has 1 saturated heterocycles. The Balaban J connectivity index is 2.10. The molecule has 0 spiro atoms. The van der Waals surface area contributed by atoms with E-state index in [9.17, 15) is 9.18 Å². The molecule has 0 radical (unpaired) electrons. The van der Waals surface area contributed by atoms with Gasteiger partial charge in [0.25, 0.3) is 0 Å². The Morgan fingerprint density at radius 1 is 1.40 bits per heavy atom. The standard InChI is InChI=1S/C16H17FN2O/c1-9-6-10(17)7-11-13(9)14-12(20)8-19-5-3-4-16(19,2)15(14)18-11/h6-7,18H,3-5,8H2,1-2H3/t16-/m1/s1. The number of benzene rings is 1. The van der Waals surface area contributed by atoms with Crippen LogP contribution in [0.1, 0.15) is 41.4 Å². The molecule has 0 unspecified atom stereocenters. The third-order valence-electron chi connectivity index (χ3n) is 5.00. The molecule has 3 heterocycles. The molecule has 2 aliphatic rings. The van der Waals surface area contributed by atoms with Crippen LogP contribution in [0.4, 0.5) is 4.39 Å². The van der Waals surface area contributed by atoms with E-state index < -0.39 is 0 Å². The Morgan fingerprint density at radius 2 is 2.20 bits per heavy atom. The van der Waals surface area contributed by atoms with Crippen LogP contribution in [-0.4, -0.2) is 28.8 Å². The van der Waals surface area contributed by atoms with Gasteiger partial charge in [-0.25, -0.2) is 4.39 Å². The summed E-state index contributed by atoms with van der Waals surface area (Å²) in [5.74, 6) is -0.102. The number of hydrogen-bond donors (Lipinski definition) is 1. The summed E-state index contributed by atoms with van der Waals surface area (Å²) in [4.78, 5) is 18.1. The molecule has 2 aliphatic heterocycles. The van der Waals surface area contributed by atoms with Crippen LogP contribution in [0.25, 0.3) is 10.9 Å². The molecular weight excluding hydrogens is 255 g/mol. The van der Waals surface area contributed by atoms with Gasteiger partial charge in [-0.05, 0) is 50.9 Å². The van der Waals surface area contributed by atoms with Gasteiger partial charge in [0.05, 0.1) is 12.1 Å². The van der Waals surface area contributed by atoms with Gasteiger partial charge >= 0.3 is 0 Å². The van der Waals surface area contributed by atoms with E-state index >= 15 is 0 Å². The highest BCUT2D eigenvalue weighted by Gasteiger charge is 2.46. The van der Waals surface area contributed by atoms with Gasteiger partial charge < -0.3 is 4.98 Å². The molecule has 1 aromatic carbocycles. The number of hydrogen-bond acceptors (Lipinski definition) is 2. The van der Waals surface area contributed by atoms with E-state index in [0.717, 1.165) is 47.1 Å². The van der Waals surface area contributed by atoms with Crippen molar-refractivity contribution in [2.75, 3.05) is 13.1 Å². The lowest BCUT2D eigenvalue weighted by Gasteiger charge is -2.38. The van der Waals surface area contributed by atoms with Crippen molar-refractivity contribution in [1.82, 2.24) is 9.88 Å².